The average Bonchev–Trinajstić information content (AvgIpc) is 3.17. The molecule has 1 N–H and O–H groups in total. The van der Waals surface area contributed by atoms with Gasteiger partial charge in [0, 0.05) is 27.6 Å². The van der Waals surface area contributed by atoms with Crippen LogP contribution < -0.4 is 5.32 Å². The topological polar surface area (TPSA) is 12.0 Å². The first kappa shape index (κ1) is 13.0. The molecule has 1 heterocycles. The van der Waals surface area contributed by atoms with Crippen molar-refractivity contribution in [1.29, 1.82) is 0 Å². The van der Waals surface area contributed by atoms with Crippen LogP contribution in [0.15, 0.2) is 19.2 Å². The van der Waals surface area contributed by atoms with Crippen LogP contribution in [0, 0.1) is 18.8 Å². The normalized spacial score (nSPS) is 21.8. The maximum absolute atomic E-state index is 4.29. The van der Waals surface area contributed by atoms with E-state index in [0.29, 0.717) is 5.92 Å². The van der Waals surface area contributed by atoms with E-state index < -0.39 is 0 Å². The van der Waals surface area contributed by atoms with Crippen LogP contribution in [0.1, 0.15) is 40.1 Å². The van der Waals surface area contributed by atoms with Crippen LogP contribution in [-0.2, 0) is 12.8 Å². The summed E-state index contributed by atoms with van der Waals surface area (Å²) in [4.78, 5) is 3.02. The molecule has 1 aromatic heterocycles. The van der Waals surface area contributed by atoms with Gasteiger partial charge in [-0.15, -0.1) is 17.9 Å². The van der Waals surface area contributed by atoms with E-state index in [0.717, 1.165) is 24.6 Å². The Morgan fingerprint density at radius 2 is 2.21 bits per heavy atom. The standard InChI is InChI=1S/C17H23NS/c1-4-13-7-8-16-15(9-13)17(12(3)19-16)11(2)18-10-14-5-6-14/h4,13-14,18H,1-2,5-10H2,3H3. The number of allylic oxidation sites excluding steroid dienone is 1. The molecule has 1 nitrogen and oxygen atoms in total. The number of rotatable bonds is 5. The van der Waals surface area contributed by atoms with Gasteiger partial charge in [-0.05, 0) is 56.4 Å². The van der Waals surface area contributed by atoms with Gasteiger partial charge in [0.25, 0.3) is 0 Å². The monoisotopic (exact) mass is 273 g/mol. The lowest BCUT2D eigenvalue weighted by Crippen LogP contribution is -2.17. The summed E-state index contributed by atoms with van der Waals surface area (Å²) < 4.78 is 0. The third-order valence-electron chi connectivity index (χ3n) is 4.41. The van der Waals surface area contributed by atoms with Gasteiger partial charge in [-0.2, -0.15) is 0 Å². The number of fused-ring (bicyclic) bond motifs is 1. The summed E-state index contributed by atoms with van der Waals surface area (Å²) in [6.07, 6.45) is 8.53. The average molecular weight is 273 g/mol. The van der Waals surface area contributed by atoms with E-state index in [9.17, 15) is 0 Å². The summed E-state index contributed by atoms with van der Waals surface area (Å²) in [5.41, 5.74) is 4.10. The molecule has 1 aromatic rings. The second kappa shape index (κ2) is 5.16. The maximum atomic E-state index is 4.29. The van der Waals surface area contributed by atoms with E-state index >= 15 is 0 Å². The molecule has 0 saturated heterocycles. The van der Waals surface area contributed by atoms with Gasteiger partial charge in [0.15, 0.2) is 0 Å². The molecule has 1 fully saturated rings. The summed E-state index contributed by atoms with van der Waals surface area (Å²) in [5.74, 6) is 1.55. The Kier molecular flexibility index (Phi) is 3.53. The molecule has 0 radical (unpaired) electrons. The van der Waals surface area contributed by atoms with E-state index in [1.165, 1.54) is 36.1 Å². The van der Waals surface area contributed by atoms with Crippen molar-refractivity contribution in [2.24, 2.45) is 11.8 Å². The van der Waals surface area contributed by atoms with Gasteiger partial charge in [-0.25, -0.2) is 0 Å². The van der Waals surface area contributed by atoms with Gasteiger partial charge in [0.2, 0.25) is 0 Å². The highest BCUT2D eigenvalue weighted by atomic mass is 32.1. The van der Waals surface area contributed by atoms with Gasteiger partial charge in [0.05, 0.1) is 0 Å². The molecule has 0 bridgehead atoms. The van der Waals surface area contributed by atoms with Crippen LogP contribution >= 0.6 is 11.3 Å². The van der Waals surface area contributed by atoms with Crippen molar-refractivity contribution in [2.45, 2.75) is 39.0 Å². The molecule has 0 aromatic carbocycles. The van der Waals surface area contributed by atoms with Crippen molar-refractivity contribution in [2.75, 3.05) is 6.54 Å². The van der Waals surface area contributed by atoms with Gasteiger partial charge in [-0.3, -0.25) is 0 Å². The lowest BCUT2D eigenvalue weighted by Gasteiger charge is -2.21. The highest BCUT2D eigenvalue weighted by Crippen LogP contribution is 2.39. The third kappa shape index (κ3) is 2.64. The molecular formula is C17H23NS. The quantitative estimate of drug-likeness (QED) is 0.788. The Bertz CT molecular complexity index is 508. The summed E-state index contributed by atoms with van der Waals surface area (Å²) in [6.45, 7) is 11.6. The molecule has 1 atom stereocenters. The molecule has 19 heavy (non-hydrogen) atoms. The number of nitrogens with one attached hydrogen (secondary N) is 1. The van der Waals surface area contributed by atoms with Gasteiger partial charge < -0.3 is 5.32 Å². The molecule has 2 aliphatic rings. The zero-order valence-corrected chi connectivity index (χ0v) is 12.6. The number of hydrogen-bond donors (Lipinski definition) is 1. The fourth-order valence-electron chi connectivity index (χ4n) is 3.02. The van der Waals surface area contributed by atoms with Crippen molar-refractivity contribution in [3.05, 3.63) is 40.1 Å². The van der Waals surface area contributed by atoms with Crippen LogP contribution in [0.3, 0.4) is 0 Å². The van der Waals surface area contributed by atoms with Gasteiger partial charge >= 0.3 is 0 Å². The molecule has 2 heteroatoms. The predicted octanol–water partition coefficient (Wildman–Crippen LogP) is 4.32. The molecule has 0 spiro atoms. The largest absolute Gasteiger partial charge is 0.385 e. The molecule has 1 saturated carbocycles. The first-order valence-electron chi connectivity index (χ1n) is 7.36. The first-order chi connectivity index (χ1) is 9.19. The lowest BCUT2D eigenvalue weighted by atomic mass is 9.86. The third-order valence-corrected chi connectivity index (χ3v) is 5.62. The molecule has 102 valence electrons. The number of thiophene rings is 1. The van der Waals surface area contributed by atoms with Crippen molar-refractivity contribution in [3.63, 3.8) is 0 Å². The molecule has 2 aliphatic carbocycles. The van der Waals surface area contributed by atoms with Crippen molar-refractivity contribution in [1.82, 2.24) is 5.32 Å². The summed E-state index contributed by atoms with van der Waals surface area (Å²) in [6, 6.07) is 0. The molecule has 1 unspecified atom stereocenters. The molecule has 3 rings (SSSR count). The Morgan fingerprint density at radius 1 is 1.42 bits per heavy atom. The van der Waals surface area contributed by atoms with E-state index in [-0.39, 0.29) is 0 Å². The van der Waals surface area contributed by atoms with Gasteiger partial charge in [-0.1, -0.05) is 12.7 Å². The molecule has 0 aliphatic heterocycles. The second-order valence-electron chi connectivity index (χ2n) is 5.98. The zero-order chi connectivity index (χ0) is 13.4. The fourth-order valence-corrected chi connectivity index (χ4v) is 4.27. The van der Waals surface area contributed by atoms with Crippen molar-refractivity contribution >= 4 is 17.0 Å². The Labute approximate surface area is 120 Å². The number of aryl methyl sites for hydroxylation is 2. The Morgan fingerprint density at radius 3 is 2.89 bits per heavy atom. The minimum absolute atomic E-state index is 0.650. The SMILES string of the molecule is C=CC1CCc2sc(C)c(C(=C)NCC3CC3)c2C1. The van der Waals surface area contributed by atoms with Crippen LogP contribution in [0.4, 0.5) is 0 Å². The molecule has 0 amide bonds. The van der Waals surface area contributed by atoms with E-state index in [1.54, 1.807) is 10.4 Å². The van der Waals surface area contributed by atoms with Crippen LogP contribution in [0.25, 0.3) is 5.70 Å². The van der Waals surface area contributed by atoms with Crippen LogP contribution in [0.2, 0.25) is 0 Å². The summed E-state index contributed by atoms with van der Waals surface area (Å²) in [5, 5.41) is 3.56. The minimum Gasteiger partial charge on any atom is -0.385 e. The maximum Gasteiger partial charge on any atom is 0.0354 e. The van der Waals surface area contributed by atoms with Crippen molar-refractivity contribution in [3.8, 4) is 0 Å². The van der Waals surface area contributed by atoms with Crippen molar-refractivity contribution < 1.29 is 0 Å². The smallest absolute Gasteiger partial charge is 0.0354 e. The zero-order valence-electron chi connectivity index (χ0n) is 11.8. The highest BCUT2D eigenvalue weighted by molar-refractivity contribution is 7.12. The fraction of sp³-hybridized carbons (Fsp3) is 0.529. The highest BCUT2D eigenvalue weighted by Gasteiger charge is 2.25. The number of hydrogen-bond acceptors (Lipinski definition) is 2. The first-order valence-corrected chi connectivity index (χ1v) is 8.17. The second-order valence-corrected chi connectivity index (χ2v) is 7.29. The lowest BCUT2D eigenvalue weighted by molar-refractivity contribution is 0.560. The van der Waals surface area contributed by atoms with E-state index in [4.69, 9.17) is 0 Å². The Hall–Kier alpha value is -1.02. The van der Waals surface area contributed by atoms with Gasteiger partial charge in [0.1, 0.15) is 0 Å². The predicted molar refractivity (Wildman–Crippen MR) is 84.5 cm³/mol. The minimum atomic E-state index is 0.650. The van der Waals surface area contributed by atoms with E-state index in [1.807, 2.05) is 11.3 Å². The molecular weight excluding hydrogens is 250 g/mol. The Balaban J connectivity index is 1.81. The summed E-state index contributed by atoms with van der Waals surface area (Å²) >= 11 is 1.97. The summed E-state index contributed by atoms with van der Waals surface area (Å²) in [7, 11) is 0. The van der Waals surface area contributed by atoms with E-state index in [2.05, 4.69) is 31.5 Å². The van der Waals surface area contributed by atoms with Crippen LogP contribution in [0.5, 0.6) is 0 Å². The van der Waals surface area contributed by atoms with Crippen LogP contribution in [-0.4, -0.2) is 6.54 Å².